The lowest BCUT2D eigenvalue weighted by Crippen LogP contribution is -2.54. The van der Waals surface area contributed by atoms with Crippen LogP contribution in [0.2, 0.25) is 0 Å². The molecule has 2 rings (SSSR count). The molecule has 0 radical (unpaired) electrons. The van der Waals surface area contributed by atoms with Crippen molar-refractivity contribution in [2.24, 2.45) is 0 Å². The highest BCUT2D eigenvalue weighted by atomic mass is 16.6. The fourth-order valence-corrected chi connectivity index (χ4v) is 3.29. The molecule has 14 heteroatoms. The van der Waals surface area contributed by atoms with Gasteiger partial charge in [-0.15, -0.1) is 0 Å². The van der Waals surface area contributed by atoms with E-state index in [9.17, 15) is 24.0 Å². The minimum atomic E-state index is -0.817. The number of amides is 5. The van der Waals surface area contributed by atoms with E-state index in [0.29, 0.717) is 13.2 Å². The summed E-state index contributed by atoms with van der Waals surface area (Å²) >= 11 is 0. The number of carbonyl (C=O) groups is 5. The van der Waals surface area contributed by atoms with Crippen molar-refractivity contribution < 1.29 is 38.2 Å². The van der Waals surface area contributed by atoms with Crippen LogP contribution in [0.25, 0.3) is 0 Å². The van der Waals surface area contributed by atoms with Crippen molar-refractivity contribution in [3.8, 4) is 0 Å². The average Bonchev–Trinajstić information content (AvgIpc) is 3.00. The number of nitrogens with one attached hydrogen (secondary N) is 3. The van der Waals surface area contributed by atoms with Crippen LogP contribution >= 0.6 is 0 Å². The topological polar surface area (TPSA) is 159 Å². The highest BCUT2D eigenvalue weighted by molar-refractivity contribution is 5.82. The Balaban J connectivity index is 0.000000472. The maximum atomic E-state index is 12.4. The molecular weight excluding hydrogens is 584 g/mol. The predicted molar refractivity (Wildman–Crippen MR) is 167 cm³/mol. The van der Waals surface area contributed by atoms with Gasteiger partial charge in [0.1, 0.15) is 18.7 Å². The number of hydrogen-bond donors (Lipinski definition) is 3. The first-order chi connectivity index (χ1) is 21.3. The van der Waals surface area contributed by atoms with E-state index in [-0.39, 0.29) is 25.7 Å². The van der Waals surface area contributed by atoms with Gasteiger partial charge >= 0.3 is 30.1 Å². The summed E-state index contributed by atoms with van der Waals surface area (Å²) in [5.41, 5.74) is 3.79. The third kappa shape index (κ3) is 16.5. The van der Waals surface area contributed by atoms with Crippen LogP contribution in [0.3, 0.4) is 0 Å². The SMILES string of the molecule is CCOC(=O)CN(C(=O)OC(C)(C)C)N(C)C(=O)NCc1ccccc1.CCOC(=O)CNN(C)C(=O)NCc1ccccc1. The Morgan fingerprint density at radius 1 is 0.711 bits per heavy atom. The lowest BCUT2D eigenvalue weighted by molar-refractivity contribution is -0.147. The molecule has 0 aliphatic rings. The van der Waals surface area contributed by atoms with Gasteiger partial charge in [-0.1, -0.05) is 60.7 Å². The molecule has 0 saturated heterocycles. The van der Waals surface area contributed by atoms with Gasteiger partial charge in [-0.2, -0.15) is 0 Å². The van der Waals surface area contributed by atoms with Crippen LogP contribution in [-0.4, -0.2) is 91.1 Å². The molecule has 0 saturated carbocycles. The summed E-state index contributed by atoms with van der Waals surface area (Å²) in [6, 6.07) is 18.0. The number of esters is 2. The van der Waals surface area contributed by atoms with Crippen molar-refractivity contribution in [1.82, 2.24) is 31.1 Å². The van der Waals surface area contributed by atoms with Gasteiger partial charge < -0.3 is 24.8 Å². The van der Waals surface area contributed by atoms with Crippen LogP contribution in [0.15, 0.2) is 60.7 Å². The van der Waals surface area contributed by atoms with Crippen LogP contribution in [-0.2, 0) is 36.9 Å². The molecule has 248 valence electrons. The van der Waals surface area contributed by atoms with Crippen LogP contribution in [0.5, 0.6) is 0 Å². The molecule has 0 aliphatic carbocycles. The first kappa shape index (κ1) is 38.2. The number of hydrogen-bond acceptors (Lipinski definition) is 9. The van der Waals surface area contributed by atoms with Gasteiger partial charge in [0.2, 0.25) is 0 Å². The monoisotopic (exact) mass is 630 g/mol. The Kier molecular flexibility index (Phi) is 17.1. The van der Waals surface area contributed by atoms with Gasteiger partial charge in [-0.05, 0) is 45.7 Å². The maximum Gasteiger partial charge on any atom is 0.429 e. The molecule has 0 bridgehead atoms. The second-order valence-electron chi connectivity index (χ2n) is 10.4. The number of urea groups is 2. The van der Waals surface area contributed by atoms with Crippen molar-refractivity contribution in [3.63, 3.8) is 0 Å². The van der Waals surface area contributed by atoms with Gasteiger partial charge in [-0.3, -0.25) is 14.6 Å². The van der Waals surface area contributed by atoms with E-state index in [1.54, 1.807) is 41.7 Å². The molecule has 0 aliphatic heterocycles. The van der Waals surface area contributed by atoms with Crippen LogP contribution < -0.4 is 16.1 Å². The second-order valence-corrected chi connectivity index (χ2v) is 10.4. The predicted octanol–water partition coefficient (Wildman–Crippen LogP) is 3.44. The summed E-state index contributed by atoms with van der Waals surface area (Å²) in [5, 5.41) is 8.55. The van der Waals surface area contributed by atoms with E-state index in [1.165, 1.54) is 12.1 Å². The van der Waals surface area contributed by atoms with Crippen molar-refractivity contribution >= 4 is 30.1 Å². The number of carbonyl (C=O) groups excluding carboxylic acids is 5. The number of rotatable bonds is 11. The molecule has 5 amide bonds. The maximum absolute atomic E-state index is 12.4. The summed E-state index contributed by atoms with van der Waals surface area (Å²) in [7, 11) is 2.92. The summed E-state index contributed by atoms with van der Waals surface area (Å²) in [5.74, 6) is -1.04. The minimum Gasteiger partial charge on any atom is -0.465 e. The fourth-order valence-electron chi connectivity index (χ4n) is 3.29. The summed E-state index contributed by atoms with van der Waals surface area (Å²) in [6.07, 6.45) is -0.817. The zero-order valence-corrected chi connectivity index (χ0v) is 27.1. The molecule has 0 aromatic heterocycles. The van der Waals surface area contributed by atoms with Gasteiger partial charge in [0, 0.05) is 27.2 Å². The summed E-state index contributed by atoms with van der Waals surface area (Å²) in [6.45, 7) is 9.22. The van der Waals surface area contributed by atoms with Crippen molar-refractivity contribution in [1.29, 1.82) is 0 Å². The molecule has 0 heterocycles. The number of benzene rings is 2. The highest BCUT2D eigenvalue weighted by Crippen LogP contribution is 2.12. The second kappa shape index (κ2) is 20.2. The molecule has 0 atom stereocenters. The molecular formula is C31H46N6O8. The zero-order valence-electron chi connectivity index (χ0n) is 27.1. The van der Waals surface area contributed by atoms with E-state index in [1.807, 2.05) is 60.7 Å². The molecule has 3 N–H and O–H groups in total. The lowest BCUT2D eigenvalue weighted by atomic mass is 10.2. The largest absolute Gasteiger partial charge is 0.465 e. The quantitative estimate of drug-likeness (QED) is 0.192. The van der Waals surface area contributed by atoms with Gasteiger partial charge in [0.15, 0.2) is 0 Å². The number of hydrazine groups is 2. The van der Waals surface area contributed by atoms with Gasteiger partial charge in [-0.25, -0.2) is 29.8 Å². The Morgan fingerprint density at radius 3 is 1.64 bits per heavy atom. The minimum absolute atomic E-state index is 0.0386. The van der Waals surface area contributed by atoms with Gasteiger partial charge in [0.25, 0.3) is 0 Å². The Labute approximate surface area is 264 Å². The Hall–Kier alpha value is -4.85. The van der Waals surface area contributed by atoms with E-state index < -0.39 is 36.2 Å². The Morgan fingerprint density at radius 2 is 1.18 bits per heavy atom. The Bertz CT molecular complexity index is 1210. The first-order valence-electron chi connectivity index (χ1n) is 14.4. The molecule has 2 aromatic carbocycles. The highest BCUT2D eigenvalue weighted by Gasteiger charge is 2.30. The number of nitrogens with zero attached hydrogens (tertiary/aromatic N) is 3. The molecule has 0 fully saturated rings. The standard InChI is InChI=1S/C18H27N3O5.C13H19N3O3/c1-6-25-15(22)13-21(17(24)26-18(2,3)4)20(5)16(23)19-12-14-10-8-7-9-11-14;1-3-19-12(17)10-15-16(2)13(18)14-9-11-7-5-4-6-8-11/h7-11H,6,12-13H2,1-5H3,(H,19,23);4-8,15H,3,9-10H2,1-2H3,(H,14,18). The molecule has 45 heavy (non-hydrogen) atoms. The van der Waals surface area contributed by atoms with Crippen LogP contribution in [0.4, 0.5) is 14.4 Å². The average molecular weight is 631 g/mol. The van der Waals surface area contributed by atoms with E-state index >= 15 is 0 Å². The van der Waals surface area contributed by atoms with Crippen molar-refractivity contribution in [2.75, 3.05) is 40.4 Å². The van der Waals surface area contributed by atoms with E-state index in [2.05, 4.69) is 16.1 Å². The van der Waals surface area contributed by atoms with Crippen molar-refractivity contribution in [3.05, 3.63) is 71.8 Å². The fraction of sp³-hybridized carbons (Fsp3) is 0.452. The summed E-state index contributed by atoms with van der Waals surface area (Å²) < 4.78 is 14.9. The third-order valence-corrected chi connectivity index (χ3v) is 5.49. The smallest absolute Gasteiger partial charge is 0.429 e. The molecule has 0 spiro atoms. The van der Waals surface area contributed by atoms with Crippen LogP contribution in [0.1, 0.15) is 45.7 Å². The third-order valence-electron chi connectivity index (χ3n) is 5.49. The molecule has 14 nitrogen and oxygen atoms in total. The van der Waals surface area contributed by atoms with E-state index in [0.717, 1.165) is 21.1 Å². The van der Waals surface area contributed by atoms with Crippen molar-refractivity contribution in [2.45, 2.75) is 53.3 Å². The lowest BCUT2D eigenvalue weighted by Gasteiger charge is -2.32. The number of ether oxygens (including phenoxy) is 3. The first-order valence-corrected chi connectivity index (χ1v) is 14.4. The normalized spacial score (nSPS) is 10.3. The van der Waals surface area contributed by atoms with Crippen LogP contribution in [0, 0.1) is 0 Å². The van der Waals surface area contributed by atoms with E-state index in [4.69, 9.17) is 14.2 Å². The molecule has 0 unspecified atom stereocenters. The zero-order chi connectivity index (χ0) is 33.8. The molecule has 2 aromatic rings. The summed E-state index contributed by atoms with van der Waals surface area (Å²) in [4.78, 5) is 59.4. The van der Waals surface area contributed by atoms with Gasteiger partial charge in [0.05, 0.1) is 13.2 Å².